The lowest BCUT2D eigenvalue weighted by Gasteiger charge is -2.41. The Bertz CT molecular complexity index is 376. The maximum atomic E-state index is 11.6. The van der Waals surface area contributed by atoms with Gasteiger partial charge in [0.1, 0.15) is 6.10 Å². The van der Waals surface area contributed by atoms with E-state index in [0.717, 1.165) is 6.42 Å². The van der Waals surface area contributed by atoms with Gasteiger partial charge in [0.25, 0.3) is 0 Å². The van der Waals surface area contributed by atoms with Crippen LogP contribution in [0.15, 0.2) is 12.2 Å². The average molecular weight is 284 g/mol. The SMILES string of the molecule is C[C@@H]1C[C@@H]2C[C@H](C/C=C/[C@@H](O)CC(=O)O1)OC(C)(C)O2. The molecule has 0 unspecified atom stereocenters. The van der Waals surface area contributed by atoms with Gasteiger partial charge in [0.05, 0.1) is 24.7 Å². The number of hydrogen-bond acceptors (Lipinski definition) is 5. The van der Waals surface area contributed by atoms with Gasteiger partial charge in [0, 0.05) is 12.8 Å². The number of carbonyl (C=O) groups excluding carboxylic acids is 1. The van der Waals surface area contributed by atoms with Crippen LogP contribution in [0.2, 0.25) is 0 Å². The number of fused-ring (bicyclic) bond motifs is 2. The summed E-state index contributed by atoms with van der Waals surface area (Å²) in [7, 11) is 0. The van der Waals surface area contributed by atoms with Gasteiger partial charge in [-0.3, -0.25) is 4.79 Å². The lowest BCUT2D eigenvalue weighted by Crippen LogP contribution is -2.45. The lowest BCUT2D eigenvalue weighted by molar-refractivity contribution is -0.301. The first-order chi connectivity index (χ1) is 9.34. The van der Waals surface area contributed by atoms with Crippen LogP contribution in [0, 0.1) is 0 Å². The molecule has 1 N–H and O–H groups in total. The second-order valence-electron chi connectivity index (χ2n) is 6.09. The molecule has 4 atom stereocenters. The molecule has 5 nitrogen and oxygen atoms in total. The molecule has 0 aromatic heterocycles. The highest BCUT2D eigenvalue weighted by molar-refractivity contribution is 5.70. The molecule has 1 fully saturated rings. The van der Waals surface area contributed by atoms with Gasteiger partial charge in [-0.05, 0) is 27.2 Å². The van der Waals surface area contributed by atoms with Gasteiger partial charge in [-0.15, -0.1) is 0 Å². The number of esters is 1. The van der Waals surface area contributed by atoms with Crippen LogP contribution in [0.25, 0.3) is 0 Å². The second-order valence-corrected chi connectivity index (χ2v) is 6.09. The van der Waals surface area contributed by atoms with Crippen LogP contribution in [-0.2, 0) is 19.0 Å². The first-order valence-electron chi connectivity index (χ1n) is 7.24. The summed E-state index contributed by atoms with van der Waals surface area (Å²) >= 11 is 0. The molecule has 2 rings (SSSR count). The van der Waals surface area contributed by atoms with Crippen molar-refractivity contribution >= 4 is 5.97 Å². The highest BCUT2D eigenvalue weighted by atomic mass is 16.7. The summed E-state index contributed by atoms with van der Waals surface area (Å²) in [6.07, 6.45) is 4.68. The van der Waals surface area contributed by atoms with Crippen molar-refractivity contribution in [3.8, 4) is 0 Å². The van der Waals surface area contributed by atoms with Crippen LogP contribution < -0.4 is 0 Å². The third kappa shape index (κ3) is 4.58. The van der Waals surface area contributed by atoms with Gasteiger partial charge in [-0.2, -0.15) is 0 Å². The molecule has 20 heavy (non-hydrogen) atoms. The number of rotatable bonds is 0. The van der Waals surface area contributed by atoms with E-state index in [1.165, 1.54) is 0 Å². The Hall–Kier alpha value is -0.910. The normalized spacial score (nSPS) is 40.1. The molecule has 0 saturated carbocycles. The molecule has 0 aromatic carbocycles. The Balaban J connectivity index is 2.11. The van der Waals surface area contributed by atoms with E-state index in [2.05, 4.69) is 0 Å². The zero-order valence-corrected chi connectivity index (χ0v) is 12.4. The Labute approximate surface area is 119 Å². The Morgan fingerprint density at radius 1 is 1.25 bits per heavy atom. The van der Waals surface area contributed by atoms with Crippen molar-refractivity contribution in [3.63, 3.8) is 0 Å². The molecule has 2 heterocycles. The average Bonchev–Trinajstić information content (AvgIpc) is 2.24. The molecule has 2 bridgehead atoms. The minimum absolute atomic E-state index is 0.0105. The predicted molar refractivity (Wildman–Crippen MR) is 73.0 cm³/mol. The Kier molecular flexibility index (Phi) is 4.83. The molecule has 2 aliphatic heterocycles. The minimum Gasteiger partial charge on any atom is -0.462 e. The van der Waals surface area contributed by atoms with Gasteiger partial charge < -0.3 is 19.3 Å². The van der Waals surface area contributed by atoms with Crippen LogP contribution in [0.3, 0.4) is 0 Å². The van der Waals surface area contributed by atoms with Crippen LogP contribution >= 0.6 is 0 Å². The van der Waals surface area contributed by atoms with Crippen molar-refractivity contribution in [1.29, 1.82) is 0 Å². The van der Waals surface area contributed by atoms with Crippen molar-refractivity contribution < 1.29 is 24.1 Å². The van der Waals surface area contributed by atoms with Crippen LogP contribution in [-0.4, -0.2) is 41.3 Å². The molecular weight excluding hydrogens is 260 g/mol. The fourth-order valence-corrected chi connectivity index (χ4v) is 2.83. The fraction of sp³-hybridized carbons (Fsp3) is 0.800. The molecule has 0 spiro atoms. The minimum atomic E-state index is -0.794. The van der Waals surface area contributed by atoms with Crippen molar-refractivity contribution in [3.05, 3.63) is 12.2 Å². The Morgan fingerprint density at radius 2 is 1.95 bits per heavy atom. The molecule has 114 valence electrons. The summed E-state index contributed by atoms with van der Waals surface area (Å²) in [5.41, 5.74) is 0. The van der Waals surface area contributed by atoms with E-state index in [0.29, 0.717) is 12.8 Å². The van der Waals surface area contributed by atoms with E-state index in [1.807, 2.05) is 26.8 Å². The van der Waals surface area contributed by atoms with E-state index >= 15 is 0 Å². The van der Waals surface area contributed by atoms with Gasteiger partial charge in [-0.1, -0.05) is 12.2 Å². The van der Waals surface area contributed by atoms with E-state index in [1.54, 1.807) is 6.08 Å². The summed E-state index contributed by atoms with van der Waals surface area (Å²) < 4.78 is 17.1. The fourth-order valence-electron chi connectivity index (χ4n) is 2.83. The van der Waals surface area contributed by atoms with Gasteiger partial charge >= 0.3 is 5.97 Å². The number of hydrogen-bond donors (Lipinski definition) is 1. The lowest BCUT2D eigenvalue weighted by atomic mass is 10.00. The summed E-state index contributed by atoms with van der Waals surface area (Å²) in [4.78, 5) is 11.6. The predicted octanol–water partition coefficient (Wildman–Crippen LogP) is 1.93. The molecule has 0 aromatic rings. The standard InChI is InChI=1S/C15H24O5/c1-10-7-13-9-12(19-15(2,3)20-13)6-4-5-11(16)8-14(17)18-10/h4-5,10-13,16H,6-9H2,1-3H3/b5-4+/t10-,11-,12+,13-/m1/s1. The van der Waals surface area contributed by atoms with Crippen molar-refractivity contribution in [2.24, 2.45) is 0 Å². The number of ether oxygens (including phenoxy) is 3. The first kappa shape index (κ1) is 15.5. The van der Waals surface area contributed by atoms with E-state index in [4.69, 9.17) is 14.2 Å². The maximum Gasteiger partial charge on any atom is 0.309 e. The number of aliphatic hydroxyl groups is 1. The topological polar surface area (TPSA) is 65.0 Å². The quantitative estimate of drug-likeness (QED) is 0.544. The van der Waals surface area contributed by atoms with Crippen LogP contribution in [0.5, 0.6) is 0 Å². The smallest absolute Gasteiger partial charge is 0.309 e. The number of carbonyl (C=O) groups is 1. The van der Waals surface area contributed by atoms with Crippen LogP contribution in [0.1, 0.15) is 46.5 Å². The van der Waals surface area contributed by atoms with Crippen LogP contribution in [0.4, 0.5) is 0 Å². The third-order valence-corrected chi connectivity index (χ3v) is 3.49. The third-order valence-electron chi connectivity index (χ3n) is 3.49. The molecule has 2 aliphatic rings. The zero-order chi connectivity index (χ0) is 14.8. The molecule has 1 saturated heterocycles. The summed E-state index contributed by atoms with van der Waals surface area (Å²) in [6.45, 7) is 5.65. The van der Waals surface area contributed by atoms with Crippen molar-refractivity contribution in [2.45, 2.75) is 76.7 Å². The first-order valence-corrected chi connectivity index (χ1v) is 7.24. The maximum absolute atomic E-state index is 11.6. The largest absolute Gasteiger partial charge is 0.462 e. The summed E-state index contributed by atoms with van der Waals surface area (Å²) in [5, 5.41) is 9.72. The monoisotopic (exact) mass is 284 g/mol. The summed E-state index contributed by atoms with van der Waals surface area (Å²) in [6, 6.07) is 0. The van der Waals surface area contributed by atoms with Gasteiger partial charge in [-0.25, -0.2) is 0 Å². The molecule has 5 heteroatoms. The van der Waals surface area contributed by atoms with Crippen molar-refractivity contribution in [1.82, 2.24) is 0 Å². The van der Waals surface area contributed by atoms with E-state index in [-0.39, 0.29) is 30.7 Å². The van der Waals surface area contributed by atoms with E-state index < -0.39 is 11.9 Å². The highest BCUT2D eigenvalue weighted by Gasteiger charge is 2.36. The van der Waals surface area contributed by atoms with Crippen molar-refractivity contribution in [2.75, 3.05) is 0 Å². The van der Waals surface area contributed by atoms with Gasteiger partial charge in [0.15, 0.2) is 5.79 Å². The second kappa shape index (κ2) is 6.24. The summed E-state index contributed by atoms with van der Waals surface area (Å²) in [5.74, 6) is -1.01. The molecule has 0 radical (unpaired) electrons. The number of cyclic esters (lactones) is 1. The van der Waals surface area contributed by atoms with Gasteiger partial charge in [0.2, 0.25) is 0 Å². The zero-order valence-electron chi connectivity index (χ0n) is 12.4. The highest BCUT2D eigenvalue weighted by Crippen LogP contribution is 2.31. The molecular formula is C15H24O5. The molecule has 0 aliphatic carbocycles. The van der Waals surface area contributed by atoms with E-state index in [9.17, 15) is 9.90 Å². The Morgan fingerprint density at radius 3 is 2.70 bits per heavy atom. The number of aliphatic hydroxyl groups excluding tert-OH is 1. The molecule has 0 amide bonds.